The van der Waals surface area contributed by atoms with Gasteiger partial charge in [0.15, 0.2) is 5.72 Å². The van der Waals surface area contributed by atoms with E-state index in [1.54, 1.807) is 12.1 Å². The van der Waals surface area contributed by atoms with E-state index in [4.69, 9.17) is 0 Å². The molecule has 1 atom stereocenters. The van der Waals surface area contributed by atoms with Crippen molar-refractivity contribution >= 4 is 27.5 Å². The third-order valence-electron chi connectivity index (χ3n) is 4.33. The van der Waals surface area contributed by atoms with Gasteiger partial charge in [-0.15, -0.1) is 0 Å². The normalized spacial score (nSPS) is 19.9. The van der Waals surface area contributed by atoms with Gasteiger partial charge in [-0.1, -0.05) is 58.4 Å². The summed E-state index contributed by atoms with van der Waals surface area (Å²) < 4.78 is 40.3. The minimum Gasteiger partial charge on any atom is -0.365 e. The predicted molar refractivity (Wildman–Crippen MR) is 97.8 cm³/mol. The van der Waals surface area contributed by atoms with Gasteiger partial charge in [0.2, 0.25) is 5.91 Å². The first-order valence-corrected chi connectivity index (χ1v) is 8.99. The number of aryl methyl sites for hydroxylation is 1. The number of rotatable bonds is 4. The Balaban J connectivity index is 1.88. The first kappa shape index (κ1) is 19.6. The molecule has 3 rings (SSSR count). The molecule has 0 saturated heterocycles. The Morgan fingerprint density at radius 1 is 1.15 bits per heavy atom. The molecule has 0 aliphatic carbocycles. The number of halogens is 4. The first-order valence-electron chi connectivity index (χ1n) is 8.20. The largest absolute Gasteiger partial charge is 0.431 e. The average Bonchev–Trinajstić information content (AvgIpc) is 3.00. The summed E-state index contributed by atoms with van der Waals surface area (Å²) in [5, 5.41) is 15.0. The van der Waals surface area contributed by atoms with E-state index >= 15 is 0 Å². The van der Waals surface area contributed by atoms with Crippen LogP contribution in [0.15, 0.2) is 64.2 Å². The lowest BCUT2D eigenvalue weighted by molar-refractivity contribution is -0.157. The summed E-state index contributed by atoms with van der Waals surface area (Å²) in [6, 6.07) is 15.2. The van der Waals surface area contributed by atoms with Crippen molar-refractivity contribution in [1.82, 2.24) is 5.01 Å². The number of hydrogen-bond acceptors (Lipinski definition) is 3. The zero-order valence-electron chi connectivity index (χ0n) is 14.1. The van der Waals surface area contributed by atoms with Crippen molar-refractivity contribution in [3.05, 3.63) is 70.2 Å². The second-order valence-corrected chi connectivity index (χ2v) is 7.15. The summed E-state index contributed by atoms with van der Waals surface area (Å²) in [5.41, 5.74) is -2.31. The summed E-state index contributed by atoms with van der Waals surface area (Å²) in [7, 11) is 0. The molecular formula is C19H16BrF3N2O2. The Labute approximate surface area is 162 Å². The summed E-state index contributed by atoms with van der Waals surface area (Å²) in [4.78, 5) is 12.6. The minimum absolute atomic E-state index is 0.0719. The van der Waals surface area contributed by atoms with E-state index in [-0.39, 0.29) is 12.0 Å². The van der Waals surface area contributed by atoms with E-state index in [0.29, 0.717) is 15.9 Å². The van der Waals surface area contributed by atoms with Gasteiger partial charge >= 0.3 is 6.18 Å². The van der Waals surface area contributed by atoms with Crippen LogP contribution in [0.25, 0.3) is 0 Å². The molecule has 1 aliphatic heterocycles. The van der Waals surface area contributed by atoms with Crippen LogP contribution >= 0.6 is 15.9 Å². The van der Waals surface area contributed by atoms with Gasteiger partial charge in [-0.2, -0.15) is 23.3 Å². The van der Waals surface area contributed by atoms with Crippen molar-refractivity contribution in [2.24, 2.45) is 5.10 Å². The molecule has 1 heterocycles. The summed E-state index contributed by atoms with van der Waals surface area (Å²) in [5.74, 6) is -0.677. The third-order valence-corrected chi connectivity index (χ3v) is 4.85. The first-order chi connectivity index (χ1) is 12.7. The van der Waals surface area contributed by atoms with Crippen LogP contribution < -0.4 is 0 Å². The minimum atomic E-state index is -4.72. The maximum Gasteiger partial charge on any atom is 0.431 e. The van der Waals surface area contributed by atoms with E-state index in [9.17, 15) is 23.1 Å². The molecule has 0 bridgehead atoms. The van der Waals surface area contributed by atoms with E-state index < -0.39 is 29.9 Å². The SMILES string of the molecule is O=C(CCc1ccccc1)N1N=C(C(F)(F)F)C[C@]1(O)c1ccc(Br)cc1. The molecule has 0 radical (unpaired) electrons. The molecule has 1 N–H and O–H groups in total. The molecule has 8 heteroatoms. The maximum atomic E-state index is 13.2. The molecule has 0 fully saturated rings. The smallest absolute Gasteiger partial charge is 0.365 e. The average molecular weight is 441 g/mol. The Morgan fingerprint density at radius 2 is 1.78 bits per heavy atom. The number of alkyl halides is 3. The predicted octanol–water partition coefficient (Wildman–Crippen LogP) is 4.38. The van der Waals surface area contributed by atoms with Crippen LogP contribution in [-0.4, -0.2) is 27.9 Å². The Hall–Kier alpha value is -2.19. The molecule has 1 amide bonds. The molecule has 4 nitrogen and oxygen atoms in total. The number of aliphatic hydroxyl groups is 1. The van der Waals surface area contributed by atoms with Crippen molar-refractivity contribution < 1.29 is 23.1 Å². The standard InChI is InChI=1S/C19H16BrF3N2O2/c20-15-9-7-14(8-10-15)18(27)12-16(19(21,22)23)24-25(18)17(26)11-6-13-4-2-1-3-5-13/h1-5,7-10,27H,6,11-12H2/t18-/m0/s1. The highest BCUT2D eigenvalue weighted by atomic mass is 79.9. The Kier molecular flexibility index (Phi) is 5.39. The number of hydrogen-bond donors (Lipinski definition) is 1. The van der Waals surface area contributed by atoms with Crippen LogP contribution in [0.4, 0.5) is 13.2 Å². The highest BCUT2D eigenvalue weighted by Gasteiger charge is 2.52. The Bertz CT molecular complexity index is 854. The Morgan fingerprint density at radius 3 is 2.37 bits per heavy atom. The van der Waals surface area contributed by atoms with E-state index in [2.05, 4.69) is 21.0 Å². The fourth-order valence-electron chi connectivity index (χ4n) is 2.91. The maximum absolute atomic E-state index is 13.2. The van der Waals surface area contributed by atoms with Crippen molar-refractivity contribution in [3.63, 3.8) is 0 Å². The molecule has 0 unspecified atom stereocenters. The number of benzene rings is 2. The van der Waals surface area contributed by atoms with Crippen LogP contribution in [0.2, 0.25) is 0 Å². The van der Waals surface area contributed by atoms with Crippen LogP contribution in [0, 0.1) is 0 Å². The van der Waals surface area contributed by atoms with Crippen molar-refractivity contribution in [2.75, 3.05) is 0 Å². The van der Waals surface area contributed by atoms with Gasteiger partial charge in [-0.25, -0.2) is 0 Å². The lowest BCUT2D eigenvalue weighted by Crippen LogP contribution is -2.43. The molecule has 0 saturated carbocycles. The number of amides is 1. The number of carbonyl (C=O) groups excluding carboxylic acids is 1. The van der Waals surface area contributed by atoms with Crippen LogP contribution in [0.1, 0.15) is 24.0 Å². The summed E-state index contributed by atoms with van der Waals surface area (Å²) >= 11 is 3.24. The fourth-order valence-corrected chi connectivity index (χ4v) is 3.17. The van der Waals surface area contributed by atoms with Crippen molar-refractivity contribution in [2.45, 2.75) is 31.2 Å². The highest BCUT2D eigenvalue weighted by molar-refractivity contribution is 9.10. The zero-order chi connectivity index (χ0) is 19.7. The van der Waals surface area contributed by atoms with Gasteiger partial charge in [0.25, 0.3) is 0 Å². The lowest BCUT2D eigenvalue weighted by Gasteiger charge is -2.31. The molecular weight excluding hydrogens is 425 g/mol. The second-order valence-electron chi connectivity index (χ2n) is 6.24. The summed E-state index contributed by atoms with van der Waals surface area (Å²) in [6.07, 6.45) is -5.27. The molecule has 2 aromatic rings. The molecule has 2 aromatic carbocycles. The van der Waals surface area contributed by atoms with Crippen molar-refractivity contribution in [1.29, 1.82) is 0 Å². The van der Waals surface area contributed by atoms with Gasteiger partial charge in [0.1, 0.15) is 5.71 Å². The van der Waals surface area contributed by atoms with E-state index in [0.717, 1.165) is 5.56 Å². The molecule has 142 valence electrons. The number of hydrazone groups is 1. The van der Waals surface area contributed by atoms with Gasteiger partial charge < -0.3 is 5.11 Å². The van der Waals surface area contributed by atoms with Gasteiger partial charge in [-0.3, -0.25) is 4.79 Å². The zero-order valence-corrected chi connectivity index (χ0v) is 15.7. The van der Waals surface area contributed by atoms with Gasteiger partial charge in [0.05, 0.1) is 6.42 Å². The van der Waals surface area contributed by atoms with Crippen LogP contribution in [-0.2, 0) is 16.9 Å². The summed E-state index contributed by atoms with van der Waals surface area (Å²) in [6.45, 7) is 0. The van der Waals surface area contributed by atoms with Gasteiger partial charge in [0, 0.05) is 16.5 Å². The quantitative estimate of drug-likeness (QED) is 0.766. The van der Waals surface area contributed by atoms with Crippen LogP contribution in [0.3, 0.4) is 0 Å². The highest BCUT2D eigenvalue weighted by Crippen LogP contribution is 2.40. The monoisotopic (exact) mass is 440 g/mol. The number of carbonyl (C=O) groups is 1. The second kappa shape index (κ2) is 7.44. The van der Waals surface area contributed by atoms with E-state index in [1.165, 1.54) is 12.1 Å². The molecule has 27 heavy (non-hydrogen) atoms. The van der Waals surface area contributed by atoms with Crippen molar-refractivity contribution in [3.8, 4) is 0 Å². The fraction of sp³-hybridized carbons (Fsp3) is 0.263. The van der Waals surface area contributed by atoms with Crippen LogP contribution in [0.5, 0.6) is 0 Å². The molecule has 0 spiro atoms. The molecule has 0 aromatic heterocycles. The lowest BCUT2D eigenvalue weighted by atomic mass is 9.96. The topological polar surface area (TPSA) is 52.9 Å². The van der Waals surface area contributed by atoms with E-state index in [1.807, 2.05) is 30.3 Å². The van der Waals surface area contributed by atoms with Gasteiger partial charge in [-0.05, 0) is 24.1 Å². The molecule has 1 aliphatic rings. The third kappa shape index (κ3) is 4.22. The number of nitrogens with zero attached hydrogens (tertiary/aromatic N) is 2.